The Morgan fingerprint density at radius 2 is 1.80 bits per heavy atom. The van der Waals surface area contributed by atoms with Crippen molar-refractivity contribution in [1.82, 2.24) is 25.2 Å². The van der Waals surface area contributed by atoms with Gasteiger partial charge in [-0.05, 0) is 82.4 Å². The summed E-state index contributed by atoms with van der Waals surface area (Å²) in [6.07, 6.45) is -1.10. The Morgan fingerprint density at radius 1 is 1.10 bits per heavy atom. The van der Waals surface area contributed by atoms with E-state index in [1.165, 1.54) is 13.3 Å². The molecule has 0 spiro atoms. The summed E-state index contributed by atoms with van der Waals surface area (Å²) < 4.78 is 98.7. The first-order valence-corrected chi connectivity index (χ1v) is 21.8. The fourth-order valence-electron chi connectivity index (χ4n) is 8.07. The molecule has 336 valence electrons. The van der Waals surface area contributed by atoms with Crippen LogP contribution in [0, 0.1) is 17.8 Å². The third-order valence-corrected chi connectivity index (χ3v) is 14.5. The molecule has 6 rings (SSSR count). The van der Waals surface area contributed by atoms with Crippen molar-refractivity contribution in [3.8, 4) is 11.6 Å². The Hall–Kier alpha value is -4.88. The Balaban J connectivity index is 1.37. The zero-order valence-corrected chi connectivity index (χ0v) is 36.0. The molecule has 0 bridgehead atoms. The van der Waals surface area contributed by atoms with Gasteiger partial charge in [0.25, 0.3) is 5.91 Å². The van der Waals surface area contributed by atoms with Gasteiger partial charge in [-0.2, -0.15) is 13.2 Å². The van der Waals surface area contributed by atoms with E-state index in [9.17, 15) is 45.2 Å². The lowest BCUT2D eigenvalue weighted by atomic mass is 9.88. The van der Waals surface area contributed by atoms with E-state index in [1.807, 2.05) is 48.8 Å². The second-order valence-corrected chi connectivity index (χ2v) is 19.7. The number of anilines is 1. The summed E-state index contributed by atoms with van der Waals surface area (Å²) in [5.41, 5.74) is -3.83. The molecule has 7 atom stereocenters. The topological polar surface area (TPSA) is 186 Å². The summed E-state index contributed by atoms with van der Waals surface area (Å²) >= 11 is 0. The van der Waals surface area contributed by atoms with Crippen LogP contribution < -0.4 is 29.7 Å². The Labute approximate surface area is 352 Å². The lowest BCUT2D eigenvalue weighted by Gasteiger charge is -2.34. The molecule has 4 aliphatic rings. The molecule has 20 heteroatoms. The van der Waals surface area contributed by atoms with Gasteiger partial charge in [0.15, 0.2) is 0 Å². The third kappa shape index (κ3) is 9.19. The average Bonchev–Trinajstić information content (AvgIpc) is 4.09. The predicted molar refractivity (Wildman–Crippen MR) is 216 cm³/mol. The predicted octanol–water partition coefficient (Wildman–Crippen LogP) is 4.93. The average molecular weight is 883 g/mol. The molecule has 4 amide bonds. The highest BCUT2D eigenvalue weighted by Crippen LogP contribution is 2.48. The van der Waals surface area contributed by atoms with Gasteiger partial charge >= 0.3 is 12.3 Å². The van der Waals surface area contributed by atoms with Crippen LogP contribution in [0.5, 0.6) is 11.6 Å². The van der Waals surface area contributed by atoms with Gasteiger partial charge in [-0.15, -0.1) is 0 Å². The molecule has 0 unspecified atom stereocenters. The van der Waals surface area contributed by atoms with E-state index in [4.69, 9.17) is 14.2 Å². The summed E-state index contributed by atoms with van der Waals surface area (Å²) in [4.78, 5) is 64.0. The van der Waals surface area contributed by atoms with Gasteiger partial charge in [0.05, 0.1) is 19.9 Å². The fraction of sp³-hybridized carbons (Fsp3) is 0.634. The van der Waals surface area contributed by atoms with Crippen LogP contribution in [0.4, 0.5) is 28.0 Å². The van der Waals surface area contributed by atoms with Crippen LogP contribution in [0.3, 0.4) is 0 Å². The second-order valence-electron chi connectivity index (χ2n) is 17.6. The van der Waals surface area contributed by atoms with Crippen molar-refractivity contribution in [3.05, 3.63) is 36.5 Å². The highest BCUT2D eigenvalue weighted by atomic mass is 32.2. The molecule has 3 heterocycles. The third-order valence-electron chi connectivity index (χ3n) is 12.4. The maximum atomic E-state index is 14.8. The fourth-order valence-corrected chi connectivity index (χ4v) is 9.49. The lowest BCUT2D eigenvalue weighted by molar-refractivity contribution is -0.244. The number of amides is 4. The molecule has 2 aliphatic carbocycles. The number of aromatic nitrogens is 1. The molecular weight excluding hydrogens is 829 g/mol. The van der Waals surface area contributed by atoms with Crippen LogP contribution in [0.2, 0.25) is 0 Å². The summed E-state index contributed by atoms with van der Waals surface area (Å²) in [6.45, 7) is 3.47. The molecule has 61 heavy (non-hydrogen) atoms. The number of benzene rings is 1. The first-order chi connectivity index (χ1) is 28.5. The minimum Gasteiger partial charge on any atom is -0.494 e. The number of pyridine rings is 1. The van der Waals surface area contributed by atoms with Crippen molar-refractivity contribution in [2.45, 2.75) is 113 Å². The van der Waals surface area contributed by atoms with E-state index in [1.54, 1.807) is 19.1 Å². The van der Waals surface area contributed by atoms with Crippen molar-refractivity contribution in [2.24, 2.45) is 17.8 Å². The van der Waals surface area contributed by atoms with E-state index in [0.29, 0.717) is 49.6 Å². The number of nitrogens with zero attached hydrogens (tertiary/aromatic N) is 3. The van der Waals surface area contributed by atoms with Crippen LogP contribution in [0.1, 0.15) is 72.6 Å². The van der Waals surface area contributed by atoms with Crippen molar-refractivity contribution >= 4 is 50.3 Å². The molecule has 1 aromatic carbocycles. The van der Waals surface area contributed by atoms with E-state index >= 15 is 0 Å². The van der Waals surface area contributed by atoms with E-state index in [-0.39, 0.29) is 44.0 Å². The number of alkyl carbamates (subject to hydrolysis) is 1. The normalized spacial score (nSPS) is 28.5. The van der Waals surface area contributed by atoms with E-state index < -0.39 is 92.6 Å². The van der Waals surface area contributed by atoms with E-state index in [2.05, 4.69) is 15.6 Å². The largest absolute Gasteiger partial charge is 0.494 e. The molecule has 1 aromatic heterocycles. The summed E-state index contributed by atoms with van der Waals surface area (Å²) in [5, 5.41) is 6.30. The number of halogens is 4. The minimum atomic E-state index is -4.94. The molecule has 15 nitrogen and oxygen atoms in total. The Kier molecular flexibility index (Phi) is 12.5. The number of nitrogens with one attached hydrogen (secondary N) is 3. The number of fused-ring (bicyclic) bond motifs is 3. The number of sulfonamides is 1. The zero-order valence-electron chi connectivity index (χ0n) is 35.2. The molecule has 2 aromatic rings. The maximum Gasteiger partial charge on any atom is 0.427 e. The number of ether oxygens (including phenoxy) is 3. The number of hydrogen-bond donors (Lipinski definition) is 3. The number of carbonyl (C=O) groups excluding carboxylic acids is 4. The van der Waals surface area contributed by atoms with Gasteiger partial charge in [-0.1, -0.05) is 26.0 Å². The van der Waals surface area contributed by atoms with Crippen molar-refractivity contribution < 1.29 is 59.4 Å². The number of methoxy groups -OCH3 is 1. The minimum absolute atomic E-state index is 0.00804. The highest BCUT2D eigenvalue weighted by Gasteiger charge is 2.64. The van der Waals surface area contributed by atoms with Gasteiger partial charge in [-0.3, -0.25) is 19.1 Å². The van der Waals surface area contributed by atoms with Gasteiger partial charge < -0.3 is 34.6 Å². The molecule has 3 fully saturated rings. The molecule has 0 radical (unpaired) electrons. The first kappa shape index (κ1) is 45.6. The summed E-state index contributed by atoms with van der Waals surface area (Å²) in [7, 11) is 0.758. The number of carbonyl (C=O) groups is 4. The van der Waals surface area contributed by atoms with Gasteiger partial charge in [0, 0.05) is 42.9 Å². The van der Waals surface area contributed by atoms with Gasteiger partial charge in [0.2, 0.25) is 33.3 Å². The molecule has 2 saturated carbocycles. The Bertz CT molecular complexity index is 2180. The highest BCUT2D eigenvalue weighted by molar-refractivity contribution is 7.91. The summed E-state index contributed by atoms with van der Waals surface area (Å²) in [6, 6.07) is 2.62. The maximum absolute atomic E-state index is 14.8. The van der Waals surface area contributed by atoms with Gasteiger partial charge in [-0.25, -0.2) is 22.6 Å². The van der Waals surface area contributed by atoms with Gasteiger partial charge in [0.1, 0.15) is 40.9 Å². The first-order valence-electron chi connectivity index (χ1n) is 20.3. The molecular formula is C41H54F4N6O9S. The monoisotopic (exact) mass is 882 g/mol. The molecule has 1 saturated heterocycles. The smallest absolute Gasteiger partial charge is 0.427 e. The number of hydrogen-bond acceptors (Lipinski definition) is 11. The number of alkyl halides is 4. The van der Waals surface area contributed by atoms with Crippen LogP contribution in [-0.2, 0) is 29.1 Å². The second kappa shape index (κ2) is 16.8. The molecule has 2 aliphatic heterocycles. The van der Waals surface area contributed by atoms with Crippen LogP contribution >= 0.6 is 0 Å². The van der Waals surface area contributed by atoms with E-state index in [0.717, 1.165) is 10.6 Å². The van der Waals surface area contributed by atoms with Crippen LogP contribution in [-0.4, -0.2) is 117 Å². The number of rotatable bonds is 10. The summed E-state index contributed by atoms with van der Waals surface area (Å²) in [5.74, 6) is -3.53. The Morgan fingerprint density at radius 3 is 2.43 bits per heavy atom. The van der Waals surface area contributed by atoms with Crippen molar-refractivity contribution in [1.29, 1.82) is 0 Å². The van der Waals surface area contributed by atoms with Crippen LogP contribution in [0.25, 0.3) is 10.8 Å². The quantitative estimate of drug-likeness (QED) is 0.217. The van der Waals surface area contributed by atoms with Crippen LogP contribution in [0.15, 0.2) is 36.5 Å². The zero-order chi connectivity index (χ0) is 44.9. The molecule has 3 N–H and O–H groups in total. The lowest BCUT2D eigenvalue weighted by Crippen LogP contribution is -2.60. The number of allylic oxidation sites excluding steroid dienone is 1. The standard InChI is InChI=1S/C41H54F4N6O9S/c1-23-10-8-9-11-25-19-40(25,36(54)49-61(56,57)39(22-42)14-15-39)48-33(52)30-18-27(59-34-28-13-12-26(50(5)6)17-29(28)31(58-7)20-46-34)21-51(30)35(53)32(24(2)16-23)47-37(55)60-38(3,4)41(43,44)45/h9,11-13,17,20,23-25,27,30,32H,8,10,14-16,18-19,21-22H2,1-7H3,(H,47,55)(H,48,52)(H,49,54)/b11-9-/t23-,24-,25-,27-,30+,32+,40-/m1/s1. The van der Waals surface area contributed by atoms with Crippen molar-refractivity contribution in [3.63, 3.8) is 0 Å². The van der Waals surface area contributed by atoms with Crippen molar-refractivity contribution in [2.75, 3.05) is 39.3 Å². The SMILES string of the molecule is COc1cnc(O[C@@H]2C[C@H]3C(=O)N[C@]4(C(=O)NS(=O)(=O)C5(CF)CC5)C[C@H]4/C=C\CC[C@@H](C)C[C@@H](C)[C@H](NC(=O)OC(C)(C)C(F)(F)F)C(=O)N3C2)c2ccc(N(C)C)cc12.